The van der Waals surface area contributed by atoms with Crippen molar-refractivity contribution in [3.05, 3.63) is 59.9 Å². The number of unbranched alkanes of at least 4 members (excludes halogenated alkanes) is 1. The second kappa shape index (κ2) is 12.6. The Morgan fingerprint density at radius 1 is 1.20 bits per heavy atom. The molecule has 9 nitrogen and oxygen atoms in total. The van der Waals surface area contributed by atoms with Crippen LogP contribution in [0, 0.1) is 12.8 Å². The molecule has 9 heteroatoms. The van der Waals surface area contributed by atoms with Gasteiger partial charge in [0.25, 0.3) is 0 Å². The maximum absolute atomic E-state index is 13.4. The number of ether oxygens (including phenoxy) is 2. The van der Waals surface area contributed by atoms with Crippen LogP contribution in [0.2, 0.25) is 0 Å². The van der Waals surface area contributed by atoms with E-state index in [4.69, 9.17) is 14.0 Å². The molecular weight excluding hydrogens is 518 g/mol. The van der Waals surface area contributed by atoms with E-state index in [1.807, 2.05) is 17.2 Å². The van der Waals surface area contributed by atoms with Crippen molar-refractivity contribution in [2.24, 2.45) is 5.92 Å². The lowest BCUT2D eigenvalue weighted by molar-refractivity contribution is -0.133. The van der Waals surface area contributed by atoms with E-state index in [2.05, 4.69) is 64.9 Å². The number of hydrogen-bond acceptors (Lipinski definition) is 7. The first-order valence-electron chi connectivity index (χ1n) is 14.4. The van der Waals surface area contributed by atoms with Crippen LogP contribution in [0.4, 0.5) is 0 Å². The van der Waals surface area contributed by atoms with E-state index >= 15 is 0 Å². The monoisotopic (exact) mass is 557 g/mol. The topological polar surface area (TPSA) is 95.5 Å². The average Bonchev–Trinajstić information content (AvgIpc) is 3.64. The molecule has 0 aliphatic carbocycles. The summed E-state index contributed by atoms with van der Waals surface area (Å²) in [7, 11) is 3.18. The predicted molar refractivity (Wildman–Crippen MR) is 159 cm³/mol. The number of benzene rings is 1. The standard InChI is InChI=1S/C32H39N5O4/c1-6-7-8-9-25-22(3)33-19-24-15-17-37(31(24)25)26-20-36(16-14-21(26)2)30(38)13-12-29-34-32(35-41-29)23-10-11-27(39-4)28(18-23)40-5/h8-11,15,17-19,21,26H,6-7,12-14,16,20H2,1-5H3/b9-8-/t21-,26+/m1/s1. The van der Waals surface area contributed by atoms with Gasteiger partial charge in [-0.25, -0.2) is 0 Å². The molecule has 1 fully saturated rings. The van der Waals surface area contributed by atoms with Crippen LogP contribution in [0.3, 0.4) is 0 Å². The number of fused-ring (bicyclic) bond motifs is 1. The van der Waals surface area contributed by atoms with Crippen LogP contribution in [0.1, 0.15) is 62.7 Å². The Balaban J connectivity index is 1.28. The van der Waals surface area contributed by atoms with Crippen LogP contribution in [0.5, 0.6) is 11.5 Å². The molecule has 5 rings (SSSR count). The van der Waals surface area contributed by atoms with E-state index in [9.17, 15) is 4.79 Å². The molecule has 0 saturated carbocycles. The van der Waals surface area contributed by atoms with Crippen molar-refractivity contribution in [2.45, 2.75) is 58.9 Å². The Kier molecular flexibility index (Phi) is 8.71. The van der Waals surface area contributed by atoms with E-state index in [-0.39, 0.29) is 11.9 Å². The second-order valence-electron chi connectivity index (χ2n) is 10.7. The highest BCUT2D eigenvalue weighted by atomic mass is 16.5. The number of methoxy groups -OCH3 is 2. The number of nitrogens with zero attached hydrogens (tertiary/aromatic N) is 5. The lowest BCUT2D eigenvalue weighted by atomic mass is 9.92. The molecule has 1 aliphatic heterocycles. The lowest BCUT2D eigenvalue weighted by Gasteiger charge is -2.38. The van der Waals surface area contributed by atoms with Crippen LogP contribution in [-0.4, -0.2) is 57.8 Å². The van der Waals surface area contributed by atoms with Gasteiger partial charge in [-0.3, -0.25) is 9.78 Å². The molecule has 216 valence electrons. The van der Waals surface area contributed by atoms with E-state index in [0.29, 0.717) is 48.5 Å². The lowest BCUT2D eigenvalue weighted by Crippen LogP contribution is -2.44. The van der Waals surface area contributed by atoms with E-state index in [0.717, 1.165) is 42.5 Å². The fraction of sp³-hybridized carbons (Fsp3) is 0.438. The Hall–Kier alpha value is -4.14. The van der Waals surface area contributed by atoms with Crippen LogP contribution in [0.25, 0.3) is 28.4 Å². The first-order chi connectivity index (χ1) is 19.9. The summed E-state index contributed by atoms with van der Waals surface area (Å²) in [5, 5.41) is 5.24. The summed E-state index contributed by atoms with van der Waals surface area (Å²) < 4.78 is 18.5. The Bertz CT molecular complexity index is 1540. The number of amides is 1. The third-order valence-corrected chi connectivity index (χ3v) is 8.02. The number of rotatable bonds is 10. The van der Waals surface area contributed by atoms with Gasteiger partial charge in [0.2, 0.25) is 17.6 Å². The minimum atomic E-state index is 0.102. The molecule has 0 spiro atoms. The number of carbonyl (C=O) groups excluding carboxylic acids is 1. The first-order valence-corrected chi connectivity index (χ1v) is 14.4. The minimum Gasteiger partial charge on any atom is -0.493 e. The van der Waals surface area contributed by atoms with Crippen molar-refractivity contribution in [1.29, 1.82) is 0 Å². The van der Waals surface area contributed by atoms with Crippen molar-refractivity contribution in [1.82, 2.24) is 24.6 Å². The third-order valence-electron chi connectivity index (χ3n) is 8.02. The number of hydrogen-bond donors (Lipinski definition) is 0. The van der Waals surface area contributed by atoms with Crippen molar-refractivity contribution in [3.8, 4) is 22.9 Å². The van der Waals surface area contributed by atoms with Gasteiger partial charge >= 0.3 is 0 Å². The molecule has 0 radical (unpaired) electrons. The number of carbonyl (C=O) groups is 1. The molecule has 1 saturated heterocycles. The highest BCUT2D eigenvalue weighted by Crippen LogP contribution is 2.34. The van der Waals surface area contributed by atoms with Crippen molar-refractivity contribution >= 4 is 22.9 Å². The van der Waals surface area contributed by atoms with E-state index in [1.165, 1.54) is 11.1 Å². The molecule has 4 aromatic rings. The fourth-order valence-corrected chi connectivity index (χ4v) is 5.57. The summed E-state index contributed by atoms with van der Waals surface area (Å²) in [6, 6.07) is 7.78. The number of aryl methyl sites for hydroxylation is 2. The van der Waals surface area contributed by atoms with Crippen LogP contribution >= 0.6 is 0 Å². The molecule has 0 N–H and O–H groups in total. The number of allylic oxidation sites excluding steroid dienone is 1. The van der Waals surface area contributed by atoms with Crippen molar-refractivity contribution < 1.29 is 18.8 Å². The maximum atomic E-state index is 13.4. The summed E-state index contributed by atoms with van der Waals surface area (Å²) in [6.45, 7) is 7.96. The fourth-order valence-electron chi connectivity index (χ4n) is 5.57. The molecule has 1 amide bonds. The van der Waals surface area contributed by atoms with Gasteiger partial charge in [0.15, 0.2) is 11.5 Å². The predicted octanol–water partition coefficient (Wildman–Crippen LogP) is 6.27. The molecule has 1 aromatic carbocycles. The van der Waals surface area contributed by atoms with Crippen LogP contribution < -0.4 is 9.47 Å². The van der Waals surface area contributed by atoms with Gasteiger partial charge in [-0.05, 0) is 49.9 Å². The first kappa shape index (κ1) is 28.4. The summed E-state index contributed by atoms with van der Waals surface area (Å²) in [5.41, 5.74) is 4.14. The normalized spacial score (nSPS) is 17.4. The Morgan fingerprint density at radius 2 is 2.02 bits per heavy atom. The summed E-state index contributed by atoms with van der Waals surface area (Å²) in [6.07, 6.45) is 12.4. The van der Waals surface area contributed by atoms with Gasteiger partial charge in [-0.15, -0.1) is 0 Å². The number of piperidine rings is 1. The molecule has 2 atom stereocenters. The number of aromatic nitrogens is 4. The zero-order chi connectivity index (χ0) is 28.9. The zero-order valence-corrected chi connectivity index (χ0v) is 24.6. The Morgan fingerprint density at radius 3 is 2.80 bits per heavy atom. The van der Waals surface area contributed by atoms with Crippen LogP contribution in [0.15, 0.2) is 47.3 Å². The van der Waals surface area contributed by atoms with Gasteiger partial charge in [0.05, 0.1) is 25.8 Å². The molecule has 0 unspecified atom stereocenters. The highest BCUT2D eigenvalue weighted by Gasteiger charge is 2.31. The molecule has 41 heavy (non-hydrogen) atoms. The molecule has 0 bridgehead atoms. The van der Waals surface area contributed by atoms with Gasteiger partial charge in [-0.2, -0.15) is 4.98 Å². The van der Waals surface area contributed by atoms with E-state index in [1.54, 1.807) is 26.4 Å². The third kappa shape index (κ3) is 5.99. The highest BCUT2D eigenvalue weighted by molar-refractivity contribution is 5.89. The summed E-state index contributed by atoms with van der Waals surface area (Å²) >= 11 is 0. The zero-order valence-electron chi connectivity index (χ0n) is 24.6. The van der Waals surface area contributed by atoms with Crippen LogP contribution in [-0.2, 0) is 11.2 Å². The largest absolute Gasteiger partial charge is 0.493 e. The Labute approximate surface area is 241 Å². The van der Waals surface area contributed by atoms with Crippen molar-refractivity contribution in [3.63, 3.8) is 0 Å². The van der Waals surface area contributed by atoms with Gasteiger partial charge in [0.1, 0.15) is 0 Å². The van der Waals surface area contributed by atoms with E-state index < -0.39 is 0 Å². The maximum Gasteiger partial charge on any atom is 0.227 e. The van der Waals surface area contributed by atoms with Crippen molar-refractivity contribution in [2.75, 3.05) is 27.3 Å². The molecule has 4 heterocycles. The van der Waals surface area contributed by atoms with Gasteiger partial charge in [-0.1, -0.05) is 37.6 Å². The van der Waals surface area contributed by atoms with Gasteiger partial charge < -0.3 is 23.5 Å². The quantitative estimate of drug-likeness (QED) is 0.227. The SMILES string of the molecule is CCC/C=C\c1c(C)ncc2ccn([C@H]3CN(C(=O)CCc4nc(-c5ccc(OC)c(OC)c5)no4)CC[C@H]3C)c12. The second-order valence-corrected chi connectivity index (χ2v) is 10.7. The molecule has 1 aliphatic rings. The minimum absolute atomic E-state index is 0.102. The smallest absolute Gasteiger partial charge is 0.227 e. The summed E-state index contributed by atoms with van der Waals surface area (Å²) in [4.78, 5) is 24.5. The number of likely N-dealkylation sites (tertiary alicyclic amines) is 1. The molecule has 3 aromatic heterocycles. The number of pyridine rings is 1. The average molecular weight is 558 g/mol. The summed E-state index contributed by atoms with van der Waals surface area (Å²) in [5.74, 6) is 2.65. The molecular formula is C32H39N5O4. The van der Waals surface area contributed by atoms with Gasteiger partial charge in [0, 0.05) is 60.5 Å².